The van der Waals surface area contributed by atoms with Gasteiger partial charge in [-0.1, -0.05) is 18.2 Å². The molecule has 1 fully saturated rings. The summed E-state index contributed by atoms with van der Waals surface area (Å²) in [6, 6.07) is 12.5. The van der Waals surface area contributed by atoms with Gasteiger partial charge in [-0.05, 0) is 67.1 Å². The van der Waals surface area contributed by atoms with E-state index in [1.54, 1.807) is 7.11 Å². The van der Waals surface area contributed by atoms with Gasteiger partial charge < -0.3 is 14.5 Å². The van der Waals surface area contributed by atoms with Crippen molar-refractivity contribution in [3.05, 3.63) is 70.4 Å². The number of piperidine rings is 1. The highest BCUT2D eigenvalue weighted by molar-refractivity contribution is 5.89. The number of H-pyrrole nitrogens is 1. The van der Waals surface area contributed by atoms with Gasteiger partial charge in [-0.25, -0.2) is 4.79 Å². The Hall–Kier alpha value is -2.63. The van der Waals surface area contributed by atoms with Crippen LogP contribution >= 0.6 is 0 Å². The molecule has 0 amide bonds. The normalized spacial score (nSPS) is 19.9. The average Bonchev–Trinajstić information content (AvgIpc) is 3.26. The van der Waals surface area contributed by atoms with Crippen molar-refractivity contribution >= 4 is 16.9 Å². The quantitative estimate of drug-likeness (QED) is 0.611. The highest BCUT2D eigenvalue weighted by atomic mass is 16.5. The van der Waals surface area contributed by atoms with Crippen LogP contribution in [-0.2, 0) is 16.0 Å². The second kappa shape index (κ2) is 8.62. The largest absolute Gasteiger partial charge is 0.465 e. The number of esters is 1. The third-order valence-electron chi connectivity index (χ3n) is 6.45. The number of aromatic nitrogens is 1. The monoisotopic (exact) mass is 406 g/mol. The van der Waals surface area contributed by atoms with Crippen LogP contribution in [-0.4, -0.2) is 42.7 Å². The molecule has 1 aliphatic rings. The Bertz CT molecular complexity index is 1040. The van der Waals surface area contributed by atoms with Crippen molar-refractivity contribution in [2.75, 3.05) is 20.8 Å². The molecule has 0 unspecified atom stereocenters. The van der Waals surface area contributed by atoms with E-state index in [4.69, 9.17) is 9.47 Å². The Morgan fingerprint density at radius 1 is 1.13 bits per heavy atom. The molecule has 2 atom stereocenters. The van der Waals surface area contributed by atoms with Crippen molar-refractivity contribution in [3.63, 3.8) is 0 Å². The van der Waals surface area contributed by atoms with Crippen molar-refractivity contribution < 1.29 is 14.3 Å². The van der Waals surface area contributed by atoms with Crippen LogP contribution < -0.4 is 0 Å². The number of nitrogens with one attached hydrogen (secondary N) is 1. The molecule has 0 spiro atoms. The predicted molar refractivity (Wildman–Crippen MR) is 119 cm³/mol. The fourth-order valence-corrected chi connectivity index (χ4v) is 4.75. The first kappa shape index (κ1) is 20.6. The summed E-state index contributed by atoms with van der Waals surface area (Å²) in [4.78, 5) is 17.8. The zero-order valence-electron chi connectivity index (χ0n) is 18.2. The summed E-state index contributed by atoms with van der Waals surface area (Å²) in [6.07, 6.45) is 4.24. The number of carbonyl (C=O) groups excluding carboxylic acids is 1. The Morgan fingerprint density at radius 2 is 1.90 bits per heavy atom. The van der Waals surface area contributed by atoms with Gasteiger partial charge in [0.15, 0.2) is 0 Å². The maximum Gasteiger partial charge on any atom is 0.337 e. The smallest absolute Gasteiger partial charge is 0.337 e. The minimum Gasteiger partial charge on any atom is -0.465 e. The second-order valence-electron chi connectivity index (χ2n) is 8.24. The summed E-state index contributed by atoms with van der Waals surface area (Å²) < 4.78 is 10.6. The molecule has 1 aromatic heterocycles. The minimum absolute atomic E-state index is 0.241. The molecule has 4 rings (SSSR count). The summed E-state index contributed by atoms with van der Waals surface area (Å²) in [5.74, 6) is -0.304. The molecule has 2 heterocycles. The van der Waals surface area contributed by atoms with Crippen LogP contribution in [0.4, 0.5) is 0 Å². The van der Waals surface area contributed by atoms with E-state index in [0.717, 1.165) is 25.9 Å². The van der Waals surface area contributed by atoms with Crippen molar-refractivity contribution in [2.45, 2.75) is 45.4 Å². The van der Waals surface area contributed by atoms with E-state index in [9.17, 15) is 4.79 Å². The summed E-state index contributed by atoms with van der Waals surface area (Å²) in [7, 11) is 3.21. The first-order chi connectivity index (χ1) is 14.5. The van der Waals surface area contributed by atoms with Gasteiger partial charge >= 0.3 is 5.97 Å². The number of methoxy groups -OCH3 is 2. The molecule has 5 nitrogen and oxygen atoms in total. The van der Waals surface area contributed by atoms with E-state index < -0.39 is 0 Å². The van der Waals surface area contributed by atoms with Crippen LogP contribution in [0.5, 0.6) is 0 Å². The lowest BCUT2D eigenvalue weighted by molar-refractivity contribution is 0.00690. The first-order valence-electron chi connectivity index (χ1n) is 10.5. The zero-order valence-corrected chi connectivity index (χ0v) is 18.2. The molecule has 30 heavy (non-hydrogen) atoms. The van der Waals surface area contributed by atoms with Gasteiger partial charge in [0, 0.05) is 43.3 Å². The molecule has 0 radical (unpaired) electrons. The summed E-state index contributed by atoms with van der Waals surface area (Å²) in [5.41, 5.74) is 7.00. The van der Waals surface area contributed by atoms with Gasteiger partial charge in [0.2, 0.25) is 0 Å². The zero-order chi connectivity index (χ0) is 21.3. The fourth-order valence-electron chi connectivity index (χ4n) is 4.75. The van der Waals surface area contributed by atoms with E-state index in [-0.39, 0.29) is 18.1 Å². The molecular weight excluding hydrogens is 376 g/mol. The molecule has 1 N–H and O–H groups in total. The average molecular weight is 407 g/mol. The molecule has 0 bridgehead atoms. The SMILES string of the molecule is COC(=O)c1ccc([C@@H]2C[C@@H](OC)CCN2Cc2c(C)cc(C)c3[nH]ccc23)cc1. The van der Waals surface area contributed by atoms with Gasteiger partial charge in [-0.2, -0.15) is 0 Å². The van der Waals surface area contributed by atoms with Crippen molar-refractivity contribution in [1.29, 1.82) is 0 Å². The van der Waals surface area contributed by atoms with E-state index in [1.165, 1.54) is 40.3 Å². The number of ether oxygens (including phenoxy) is 2. The summed E-state index contributed by atoms with van der Waals surface area (Å²) in [6.45, 7) is 6.23. The molecule has 2 aromatic carbocycles. The molecule has 158 valence electrons. The van der Waals surface area contributed by atoms with E-state index in [1.807, 2.05) is 18.3 Å². The van der Waals surface area contributed by atoms with Gasteiger partial charge in [0.25, 0.3) is 0 Å². The molecular formula is C25H30N2O3. The number of rotatable bonds is 5. The fraction of sp³-hybridized carbons (Fsp3) is 0.400. The summed E-state index contributed by atoms with van der Waals surface area (Å²) >= 11 is 0. The number of benzene rings is 2. The van der Waals surface area contributed by atoms with Gasteiger partial charge in [0.05, 0.1) is 18.8 Å². The molecule has 3 aromatic rings. The predicted octanol–water partition coefficient (Wildman–Crippen LogP) is 4.92. The van der Waals surface area contributed by atoms with Crippen LogP contribution in [0.1, 0.15) is 51.5 Å². The van der Waals surface area contributed by atoms with Crippen LogP contribution in [0.2, 0.25) is 0 Å². The Balaban J connectivity index is 1.66. The topological polar surface area (TPSA) is 54.6 Å². The Labute approximate surface area is 178 Å². The minimum atomic E-state index is -0.304. The third kappa shape index (κ3) is 3.87. The number of nitrogens with zero attached hydrogens (tertiary/aromatic N) is 1. The van der Waals surface area contributed by atoms with Crippen molar-refractivity contribution in [1.82, 2.24) is 9.88 Å². The standard InChI is InChI=1S/C25H30N2O3/c1-16-13-17(2)24-21(9-11-26-24)22(16)15-27-12-10-20(29-3)14-23(27)18-5-7-19(8-6-18)25(28)30-4/h5-9,11,13,20,23,26H,10,12,14-15H2,1-4H3/t20-,23-/m0/s1. The van der Waals surface area contributed by atoms with Crippen LogP contribution in [0.3, 0.4) is 0 Å². The van der Waals surface area contributed by atoms with Crippen LogP contribution in [0.25, 0.3) is 10.9 Å². The lowest BCUT2D eigenvalue weighted by Gasteiger charge is -2.39. The number of aromatic amines is 1. The third-order valence-corrected chi connectivity index (χ3v) is 6.45. The number of likely N-dealkylation sites (tertiary alicyclic amines) is 1. The lowest BCUT2D eigenvalue weighted by Crippen LogP contribution is -2.39. The van der Waals surface area contributed by atoms with E-state index in [0.29, 0.717) is 5.56 Å². The number of hydrogen-bond acceptors (Lipinski definition) is 4. The molecule has 0 saturated carbocycles. The number of fused-ring (bicyclic) bond motifs is 1. The number of aryl methyl sites for hydroxylation is 2. The molecule has 0 aliphatic carbocycles. The number of carbonyl (C=O) groups is 1. The maximum absolute atomic E-state index is 11.8. The highest BCUT2D eigenvalue weighted by Gasteiger charge is 2.30. The number of hydrogen-bond donors (Lipinski definition) is 1. The Morgan fingerprint density at radius 3 is 2.60 bits per heavy atom. The van der Waals surface area contributed by atoms with Crippen molar-refractivity contribution in [2.24, 2.45) is 0 Å². The Kier molecular flexibility index (Phi) is 5.93. The van der Waals surface area contributed by atoms with Crippen molar-refractivity contribution in [3.8, 4) is 0 Å². The van der Waals surface area contributed by atoms with E-state index >= 15 is 0 Å². The van der Waals surface area contributed by atoms with E-state index in [2.05, 4.69) is 48.0 Å². The van der Waals surface area contributed by atoms with Crippen LogP contribution in [0.15, 0.2) is 42.6 Å². The van der Waals surface area contributed by atoms with Crippen LogP contribution in [0, 0.1) is 13.8 Å². The molecule has 1 saturated heterocycles. The van der Waals surface area contributed by atoms with Gasteiger partial charge in [-0.15, -0.1) is 0 Å². The first-order valence-corrected chi connectivity index (χ1v) is 10.5. The maximum atomic E-state index is 11.8. The summed E-state index contributed by atoms with van der Waals surface area (Å²) in [5, 5.41) is 1.31. The second-order valence-corrected chi connectivity index (χ2v) is 8.24. The van der Waals surface area contributed by atoms with Gasteiger partial charge in [-0.3, -0.25) is 4.90 Å². The highest BCUT2D eigenvalue weighted by Crippen LogP contribution is 2.35. The molecule has 5 heteroatoms. The lowest BCUT2D eigenvalue weighted by atomic mass is 9.91. The van der Waals surface area contributed by atoms with Gasteiger partial charge in [0.1, 0.15) is 0 Å². The molecule has 1 aliphatic heterocycles.